The van der Waals surface area contributed by atoms with Crippen molar-refractivity contribution >= 4 is 20.2 Å². The molecule has 0 aliphatic carbocycles. The number of esters is 1. The molecule has 0 saturated carbocycles. The summed E-state index contributed by atoms with van der Waals surface area (Å²) in [5, 5.41) is 10.1. The van der Waals surface area contributed by atoms with Crippen molar-refractivity contribution in [2.45, 2.75) is 109 Å². The molecule has 2 unspecified atom stereocenters. The van der Waals surface area contributed by atoms with Crippen molar-refractivity contribution in [2.24, 2.45) is 16.1 Å². The molecule has 14 nitrogen and oxygen atoms in total. The molecular weight excluding hydrogens is 502 g/mol. The Labute approximate surface area is 218 Å². The average Bonchev–Trinajstić information content (AvgIpc) is 3.14. The maximum atomic E-state index is 13.1. The maximum Gasteiger partial charge on any atom is 0.344 e. The van der Waals surface area contributed by atoms with Crippen LogP contribution in [0.2, 0.25) is 18.1 Å². The van der Waals surface area contributed by atoms with Gasteiger partial charge in [-0.05, 0) is 54.1 Å². The van der Waals surface area contributed by atoms with Crippen molar-refractivity contribution in [3.63, 3.8) is 0 Å². The lowest BCUT2D eigenvalue weighted by Gasteiger charge is -2.52. The maximum absolute atomic E-state index is 13.1. The van der Waals surface area contributed by atoms with Crippen molar-refractivity contribution in [3.8, 4) is 0 Å². The van der Waals surface area contributed by atoms with E-state index in [1.54, 1.807) is 20.8 Å². The third kappa shape index (κ3) is 6.37. The molecule has 0 aromatic rings. The minimum atomic E-state index is -2.52. The number of nitrogens with one attached hydrogen (secondary N) is 1. The minimum Gasteiger partial charge on any atom is -0.467 e. The summed E-state index contributed by atoms with van der Waals surface area (Å²) in [7, 11) is -1.42. The summed E-state index contributed by atoms with van der Waals surface area (Å²) in [5.41, 5.74) is 16.3. The van der Waals surface area contributed by atoms with Crippen LogP contribution in [0.1, 0.15) is 48.5 Å². The van der Waals surface area contributed by atoms with Gasteiger partial charge in [-0.1, -0.05) is 32.8 Å². The number of hydrogen-bond donors (Lipinski definition) is 1. The van der Waals surface area contributed by atoms with Gasteiger partial charge >= 0.3 is 5.97 Å². The molecule has 0 aromatic carbocycles. The van der Waals surface area contributed by atoms with E-state index in [0.717, 1.165) is 7.11 Å². The zero-order valence-corrected chi connectivity index (χ0v) is 24.2. The highest BCUT2D eigenvalue weighted by Gasteiger charge is 2.62. The number of carbonyl (C=O) groups excluding carboxylic acids is 2. The van der Waals surface area contributed by atoms with Crippen molar-refractivity contribution in [1.82, 2.24) is 5.32 Å². The van der Waals surface area contributed by atoms with Crippen LogP contribution < -0.4 is 5.32 Å². The van der Waals surface area contributed by atoms with Crippen LogP contribution in [0.5, 0.6) is 0 Å². The van der Waals surface area contributed by atoms with E-state index in [0.29, 0.717) is 0 Å². The molecule has 37 heavy (non-hydrogen) atoms. The molecule has 2 heterocycles. The average molecular weight is 542 g/mol. The first-order chi connectivity index (χ1) is 17.0. The highest BCUT2D eigenvalue weighted by Crippen LogP contribution is 2.44. The van der Waals surface area contributed by atoms with Gasteiger partial charge in [-0.3, -0.25) is 4.79 Å². The van der Waals surface area contributed by atoms with Crippen molar-refractivity contribution in [3.05, 3.63) is 20.9 Å². The number of nitrogens with zero attached hydrogens (tertiary/aromatic N) is 6. The van der Waals surface area contributed by atoms with Gasteiger partial charge < -0.3 is 28.7 Å². The van der Waals surface area contributed by atoms with Crippen LogP contribution >= 0.6 is 0 Å². The summed E-state index contributed by atoms with van der Waals surface area (Å²) in [6, 6.07) is -2.15. The molecule has 208 valence electrons. The largest absolute Gasteiger partial charge is 0.467 e. The number of methoxy groups -OCH3 is 1. The number of hydrogen-bond acceptors (Lipinski definition) is 9. The summed E-state index contributed by atoms with van der Waals surface area (Å²) < 4.78 is 30.1. The van der Waals surface area contributed by atoms with Crippen molar-refractivity contribution in [1.29, 1.82) is 0 Å². The Morgan fingerprint density at radius 3 is 2.24 bits per heavy atom. The van der Waals surface area contributed by atoms with Gasteiger partial charge in [-0.25, -0.2) is 4.79 Å². The fourth-order valence-corrected chi connectivity index (χ4v) is 5.73. The first kappa shape index (κ1) is 30.8. The monoisotopic (exact) mass is 541 g/mol. The standard InChI is InChI=1S/C22H39N7O7Si/c1-12-15(25-13(2)30)17(35-22(27-29-24,19(31)32-8)18(12)26-28-23)16(14-11-33-21(6,7)34-14)36-37(9,10)20(3,4)5/h12,14-18H,11H2,1-10H3,(H,25,30)/t12-,14+,15+,16+,17?,18?,22-/m0/s1. The van der Waals surface area contributed by atoms with E-state index in [4.69, 9.17) is 23.4 Å². The second-order valence-electron chi connectivity index (χ2n) is 11.4. The normalized spacial score (nSPS) is 32.4. The lowest BCUT2D eigenvalue weighted by molar-refractivity contribution is -0.228. The van der Waals surface area contributed by atoms with Gasteiger partial charge in [0.25, 0.3) is 5.72 Å². The SMILES string of the molecule is COC(=O)[C@@]1(N=[N+]=[N-])OC([C@H](O[Si](C)(C)C(C)(C)C)[C@H]2COC(C)(C)O2)[C@H](NC(C)=O)[C@H](C)C1N=[N+]=[N-]. The van der Waals surface area contributed by atoms with Crippen LogP contribution in [0, 0.1) is 5.92 Å². The molecule has 2 rings (SSSR count). The molecule has 0 radical (unpaired) electrons. The van der Waals surface area contributed by atoms with E-state index in [1.165, 1.54) is 6.92 Å². The Morgan fingerprint density at radius 2 is 1.81 bits per heavy atom. The highest BCUT2D eigenvalue weighted by molar-refractivity contribution is 6.74. The molecule has 2 aliphatic rings. The van der Waals surface area contributed by atoms with Gasteiger partial charge in [0.15, 0.2) is 14.1 Å². The van der Waals surface area contributed by atoms with Crippen LogP contribution in [0.3, 0.4) is 0 Å². The summed E-state index contributed by atoms with van der Waals surface area (Å²) in [6.07, 6.45) is -2.60. The second kappa shape index (κ2) is 11.2. The van der Waals surface area contributed by atoms with Crippen molar-refractivity contribution in [2.75, 3.05) is 13.7 Å². The second-order valence-corrected chi connectivity index (χ2v) is 16.2. The quantitative estimate of drug-likeness (QED) is 0.158. The van der Waals surface area contributed by atoms with E-state index < -0.39 is 62.1 Å². The lowest BCUT2D eigenvalue weighted by atomic mass is 9.78. The molecule has 0 bridgehead atoms. The number of amides is 1. The smallest absolute Gasteiger partial charge is 0.344 e. The summed E-state index contributed by atoms with van der Waals surface area (Å²) in [4.78, 5) is 31.1. The molecule has 1 N–H and O–H groups in total. The Bertz CT molecular complexity index is 975. The lowest BCUT2D eigenvalue weighted by Crippen LogP contribution is -2.71. The minimum absolute atomic E-state index is 0.153. The van der Waals surface area contributed by atoms with Crippen LogP contribution in [0.25, 0.3) is 20.9 Å². The van der Waals surface area contributed by atoms with Gasteiger partial charge in [0.1, 0.15) is 18.3 Å². The first-order valence-corrected chi connectivity index (χ1v) is 15.0. The van der Waals surface area contributed by atoms with Crippen LogP contribution in [0.4, 0.5) is 0 Å². The molecule has 7 atom stereocenters. The molecule has 2 saturated heterocycles. The predicted octanol–water partition coefficient (Wildman–Crippen LogP) is 3.93. The first-order valence-electron chi connectivity index (χ1n) is 12.1. The highest BCUT2D eigenvalue weighted by atomic mass is 28.4. The molecule has 15 heteroatoms. The van der Waals surface area contributed by atoms with Crippen LogP contribution in [0.15, 0.2) is 10.2 Å². The predicted molar refractivity (Wildman–Crippen MR) is 135 cm³/mol. The number of carbonyl (C=O) groups is 2. The number of ether oxygens (including phenoxy) is 4. The molecule has 1 amide bonds. The molecule has 2 aliphatic heterocycles. The van der Waals surface area contributed by atoms with Gasteiger partial charge in [0.2, 0.25) is 5.91 Å². The van der Waals surface area contributed by atoms with E-state index in [9.17, 15) is 20.7 Å². The zero-order valence-electron chi connectivity index (χ0n) is 23.2. The fourth-order valence-electron chi connectivity index (χ4n) is 4.42. The third-order valence-electron chi connectivity index (χ3n) is 7.31. The molecule has 2 fully saturated rings. The summed E-state index contributed by atoms with van der Waals surface area (Å²) >= 11 is 0. The fraction of sp³-hybridized carbons (Fsp3) is 0.909. The molecule has 0 aromatic heterocycles. The Balaban J connectivity index is 2.78. The third-order valence-corrected chi connectivity index (χ3v) is 11.8. The number of azide groups is 2. The van der Waals surface area contributed by atoms with E-state index in [1.807, 2.05) is 13.1 Å². The van der Waals surface area contributed by atoms with Crippen LogP contribution in [-0.4, -0.2) is 75.8 Å². The van der Waals surface area contributed by atoms with E-state index >= 15 is 0 Å². The van der Waals surface area contributed by atoms with Gasteiger partial charge in [-0.2, -0.15) is 0 Å². The molecular formula is C22H39N7O7Si. The summed E-state index contributed by atoms with van der Waals surface area (Å²) in [5.74, 6) is -3.09. The Hall–Kier alpha value is -2.38. The van der Waals surface area contributed by atoms with E-state index in [2.05, 4.69) is 46.1 Å². The van der Waals surface area contributed by atoms with Gasteiger partial charge in [0.05, 0.1) is 25.8 Å². The van der Waals surface area contributed by atoms with Gasteiger partial charge in [0, 0.05) is 16.7 Å². The topological polar surface area (TPSA) is 190 Å². The van der Waals surface area contributed by atoms with E-state index in [-0.39, 0.29) is 17.6 Å². The number of rotatable bonds is 8. The van der Waals surface area contributed by atoms with Crippen molar-refractivity contribution < 1.29 is 33.0 Å². The molecule has 0 spiro atoms. The Kier molecular flexibility index (Phi) is 9.30. The van der Waals surface area contributed by atoms with Gasteiger partial charge in [-0.15, -0.1) is 0 Å². The summed E-state index contributed by atoms with van der Waals surface area (Å²) in [6.45, 7) is 17.0. The van der Waals surface area contributed by atoms with Crippen LogP contribution in [-0.2, 0) is 33.0 Å². The zero-order chi connectivity index (χ0) is 28.4. The Morgan fingerprint density at radius 1 is 1.19 bits per heavy atom.